The molecule has 2 heterocycles. The van der Waals surface area contributed by atoms with Gasteiger partial charge in [0, 0.05) is 56.0 Å². The fraction of sp³-hybridized carbons (Fsp3) is 0.0811. The molecule has 17 heteroatoms. The van der Waals surface area contributed by atoms with Crippen LogP contribution in [0.15, 0.2) is 125 Å². The molecule has 0 atom stereocenters. The van der Waals surface area contributed by atoms with Crippen LogP contribution in [-0.4, -0.2) is 38.6 Å². The molecule has 0 spiro atoms. The number of halogens is 2. The number of carbonyl (C=O) groups excluding carboxylic acids is 2. The lowest BCUT2D eigenvalue weighted by atomic mass is 10.1. The number of nitrogens with two attached hydrogens (primary N) is 2. The third-order valence-electron chi connectivity index (χ3n) is 7.60. The fourth-order valence-electron chi connectivity index (χ4n) is 5.14. The summed E-state index contributed by atoms with van der Waals surface area (Å²) in [6, 6.07) is 26.5. The zero-order valence-corrected chi connectivity index (χ0v) is 32.3. The van der Waals surface area contributed by atoms with Crippen molar-refractivity contribution in [2.75, 3.05) is 10.6 Å². The highest BCUT2D eigenvalue weighted by atomic mass is 35.5. The van der Waals surface area contributed by atoms with Crippen molar-refractivity contribution in [3.05, 3.63) is 142 Å². The molecule has 12 nitrogen and oxygen atoms in total. The predicted molar refractivity (Wildman–Crippen MR) is 212 cm³/mol. The van der Waals surface area contributed by atoms with Crippen molar-refractivity contribution in [3.63, 3.8) is 0 Å². The second kappa shape index (κ2) is 17.4. The second-order valence-corrected chi connectivity index (χ2v) is 16.8. The van der Waals surface area contributed by atoms with E-state index in [1.165, 1.54) is 23.5 Å². The van der Waals surface area contributed by atoms with Gasteiger partial charge in [0.25, 0.3) is 0 Å². The number of nitrogens with zero attached hydrogens (tertiary/aromatic N) is 2. The predicted octanol–water partition coefficient (Wildman–Crippen LogP) is 6.83. The zero-order chi connectivity index (χ0) is 39.0. The molecule has 0 bridgehead atoms. The van der Waals surface area contributed by atoms with E-state index in [0.717, 1.165) is 4.88 Å². The first-order valence-electron chi connectivity index (χ1n) is 15.8. The van der Waals surface area contributed by atoms with E-state index in [1.807, 2.05) is 6.92 Å². The number of aryl methyl sites for hydroxylation is 1. The van der Waals surface area contributed by atoms with Crippen LogP contribution < -0.4 is 20.9 Å². The largest absolute Gasteiger partial charge is 0.326 e. The van der Waals surface area contributed by atoms with Gasteiger partial charge in [-0.05, 0) is 78.2 Å². The molecule has 6 N–H and O–H groups in total. The third-order valence-corrected chi connectivity index (χ3v) is 11.2. The monoisotopic (exact) mass is 822 g/mol. The molecule has 0 aliphatic rings. The number of anilines is 2. The summed E-state index contributed by atoms with van der Waals surface area (Å²) in [6.07, 6.45) is 4.91. The minimum atomic E-state index is -4.00. The molecule has 4 aromatic carbocycles. The summed E-state index contributed by atoms with van der Waals surface area (Å²) >= 11 is 13.5. The van der Waals surface area contributed by atoms with Crippen LogP contribution in [0.3, 0.4) is 0 Å². The summed E-state index contributed by atoms with van der Waals surface area (Å²) in [6.45, 7) is 1.88. The van der Waals surface area contributed by atoms with Crippen molar-refractivity contribution in [2.24, 2.45) is 10.3 Å². The summed E-state index contributed by atoms with van der Waals surface area (Å²) in [4.78, 5) is 33.5. The number of carbonyl (C=O) groups is 2. The van der Waals surface area contributed by atoms with Crippen LogP contribution in [0.5, 0.6) is 0 Å². The van der Waals surface area contributed by atoms with Gasteiger partial charge in [0.2, 0.25) is 31.9 Å². The first-order valence-corrected chi connectivity index (χ1v) is 20.5. The van der Waals surface area contributed by atoms with E-state index in [9.17, 15) is 26.4 Å². The average Bonchev–Trinajstić information content (AvgIpc) is 3.56. The van der Waals surface area contributed by atoms with Gasteiger partial charge in [-0.25, -0.2) is 32.1 Å². The number of aromatic nitrogens is 2. The average molecular weight is 824 g/mol. The molecule has 278 valence electrons. The van der Waals surface area contributed by atoms with Crippen molar-refractivity contribution in [1.82, 2.24) is 9.97 Å². The van der Waals surface area contributed by atoms with Gasteiger partial charge in [0.05, 0.1) is 22.6 Å². The summed E-state index contributed by atoms with van der Waals surface area (Å²) in [7, 11) is -8.00. The molecular weight excluding hydrogens is 792 g/mol. The van der Waals surface area contributed by atoms with Crippen molar-refractivity contribution in [1.29, 1.82) is 0 Å². The Labute approximate surface area is 326 Å². The van der Waals surface area contributed by atoms with Crippen LogP contribution in [0.2, 0.25) is 10.0 Å². The van der Waals surface area contributed by atoms with Gasteiger partial charge in [-0.2, -0.15) is 0 Å². The van der Waals surface area contributed by atoms with Crippen LogP contribution in [0, 0.1) is 6.92 Å². The number of hydrogen-bond donors (Lipinski definition) is 4. The number of rotatable bonds is 10. The Morgan fingerprint density at radius 2 is 1.15 bits per heavy atom. The lowest BCUT2D eigenvalue weighted by Gasteiger charge is -2.12. The Morgan fingerprint density at radius 1 is 0.685 bits per heavy atom. The van der Waals surface area contributed by atoms with Gasteiger partial charge in [-0.15, -0.1) is 11.3 Å². The number of amides is 2. The van der Waals surface area contributed by atoms with Crippen LogP contribution in [-0.2, 0) is 42.5 Å². The number of thiazole rings is 1. The minimum absolute atomic E-state index is 0.0660. The maximum Gasteiger partial charge on any atom is 0.238 e. The SMILES string of the molecule is Cc1cnc(-c2ccc(NC(=O)Cc3ccccc3Cl)cc2S(N)(=O)=O)s1.NS(=O)(=O)c1cc(NC(=O)Cc2ccccc2Cl)ccc1-c1ccncc1. The first kappa shape index (κ1) is 40.2. The Kier molecular flexibility index (Phi) is 13.0. The Hall–Kier alpha value is -5.00. The highest BCUT2D eigenvalue weighted by molar-refractivity contribution is 7.89. The van der Waals surface area contributed by atoms with E-state index in [2.05, 4.69) is 20.6 Å². The molecule has 2 aromatic heterocycles. The van der Waals surface area contributed by atoms with Crippen molar-refractivity contribution < 1.29 is 26.4 Å². The van der Waals surface area contributed by atoms with Gasteiger partial charge in [0.15, 0.2) is 0 Å². The van der Waals surface area contributed by atoms with E-state index in [0.29, 0.717) is 54.2 Å². The number of benzene rings is 4. The lowest BCUT2D eigenvalue weighted by molar-refractivity contribution is -0.116. The van der Waals surface area contributed by atoms with Crippen LogP contribution in [0.4, 0.5) is 11.4 Å². The van der Waals surface area contributed by atoms with Gasteiger partial charge in [-0.3, -0.25) is 14.6 Å². The zero-order valence-electron chi connectivity index (χ0n) is 28.4. The van der Waals surface area contributed by atoms with Crippen molar-refractivity contribution in [2.45, 2.75) is 29.6 Å². The quantitative estimate of drug-likeness (QED) is 0.115. The second-order valence-electron chi connectivity index (χ2n) is 11.7. The van der Waals surface area contributed by atoms with Crippen LogP contribution >= 0.6 is 34.5 Å². The third kappa shape index (κ3) is 10.8. The molecule has 2 amide bonds. The van der Waals surface area contributed by atoms with Gasteiger partial charge < -0.3 is 10.6 Å². The van der Waals surface area contributed by atoms with E-state index in [4.69, 9.17) is 33.5 Å². The molecule has 54 heavy (non-hydrogen) atoms. The molecule has 0 unspecified atom stereocenters. The van der Waals surface area contributed by atoms with Gasteiger partial charge >= 0.3 is 0 Å². The molecule has 0 fully saturated rings. The topological polar surface area (TPSA) is 204 Å². The summed E-state index contributed by atoms with van der Waals surface area (Å²) in [5, 5.41) is 17.6. The number of sulfonamides is 2. The fourth-order valence-corrected chi connectivity index (χ4v) is 7.96. The van der Waals surface area contributed by atoms with Crippen LogP contribution in [0.1, 0.15) is 16.0 Å². The van der Waals surface area contributed by atoms with E-state index in [1.54, 1.807) is 104 Å². The lowest BCUT2D eigenvalue weighted by Crippen LogP contribution is -2.17. The highest BCUT2D eigenvalue weighted by Crippen LogP contribution is 2.33. The summed E-state index contributed by atoms with van der Waals surface area (Å²) in [5.41, 5.74) is 3.50. The first-order chi connectivity index (χ1) is 25.6. The van der Waals surface area contributed by atoms with Crippen molar-refractivity contribution in [3.8, 4) is 21.7 Å². The Balaban J connectivity index is 0.000000208. The highest BCUT2D eigenvalue weighted by Gasteiger charge is 2.20. The van der Waals surface area contributed by atoms with Gasteiger partial charge in [-0.1, -0.05) is 65.7 Å². The van der Waals surface area contributed by atoms with Gasteiger partial charge in [0.1, 0.15) is 5.01 Å². The van der Waals surface area contributed by atoms with Crippen LogP contribution in [0.25, 0.3) is 21.7 Å². The van der Waals surface area contributed by atoms with E-state index >= 15 is 0 Å². The number of pyridine rings is 1. The van der Waals surface area contributed by atoms with E-state index in [-0.39, 0.29) is 34.4 Å². The molecule has 6 aromatic rings. The summed E-state index contributed by atoms with van der Waals surface area (Å²) in [5.74, 6) is -0.638. The maximum absolute atomic E-state index is 12.3. The van der Waals surface area contributed by atoms with E-state index < -0.39 is 20.0 Å². The molecule has 0 aliphatic carbocycles. The normalized spacial score (nSPS) is 11.3. The molecule has 0 radical (unpaired) electrons. The molecule has 0 saturated carbocycles. The molecule has 0 aliphatic heterocycles. The minimum Gasteiger partial charge on any atom is -0.326 e. The molecule has 6 rings (SSSR count). The number of primary sulfonamides is 2. The smallest absolute Gasteiger partial charge is 0.238 e. The maximum atomic E-state index is 12.3. The van der Waals surface area contributed by atoms with Crippen molar-refractivity contribution >= 4 is 77.8 Å². The molecular formula is C37H32Cl2N6O6S3. The number of nitrogens with one attached hydrogen (secondary N) is 2. The molecule has 0 saturated heterocycles. The standard InChI is InChI=1S/C19H16ClN3O3S.C18H16ClN3O3S2/c20-17-4-2-1-3-14(17)11-19(24)23-15-5-6-16(13-7-9-22-10-8-13)18(12-15)27(21,25)26;1-11-10-21-18(26-11)14-7-6-13(9-16(14)27(20,24)25)22-17(23)8-12-4-2-3-5-15(12)19/h1-10,12H,11H2,(H,23,24)(H2,21,25,26);2-7,9-10H,8H2,1H3,(H,22,23)(H2,20,24,25). The number of hydrogen-bond acceptors (Lipinski definition) is 9. The summed E-state index contributed by atoms with van der Waals surface area (Å²) < 4.78 is 48.1. The Bertz CT molecular complexity index is 2550. The Morgan fingerprint density at radius 3 is 1.59 bits per heavy atom.